The number of carbonyl (C=O) groups excluding carboxylic acids is 1. The van der Waals surface area contributed by atoms with Crippen molar-refractivity contribution in [2.75, 3.05) is 18.0 Å². The number of nitrogens with zero attached hydrogens (tertiary/aromatic N) is 6. The molecule has 1 saturated heterocycles. The highest BCUT2D eigenvalue weighted by molar-refractivity contribution is 5.92. The number of amides is 1. The molecule has 0 spiro atoms. The number of aryl methyl sites for hydroxylation is 1. The van der Waals surface area contributed by atoms with E-state index in [2.05, 4.69) is 25.5 Å². The van der Waals surface area contributed by atoms with Gasteiger partial charge in [-0.2, -0.15) is 0 Å². The van der Waals surface area contributed by atoms with Crippen LogP contribution in [-0.2, 0) is 7.05 Å². The number of fused-ring (bicyclic) bond motifs is 1. The van der Waals surface area contributed by atoms with Crippen molar-refractivity contribution in [2.45, 2.75) is 12.5 Å². The average molecular weight is 311 g/mol. The summed E-state index contributed by atoms with van der Waals surface area (Å²) in [5.41, 5.74) is 1.42. The van der Waals surface area contributed by atoms with E-state index >= 15 is 0 Å². The van der Waals surface area contributed by atoms with Crippen molar-refractivity contribution < 1.29 is 4.79 Å². The van der Waals surface area contributed by atoms with Crippen LogP contribution in [0.1, 0.15) is 16.9 Å². The van der Waals surface area contributed by atoms with Gasteiger partial charge in [-0.1, -0.05) is 5.21 Å². The van der Waals surface area contributed by atoms with Gasteiger partial charge < -0.3 is 14.6 Å². The van der Waals surface area contributed by atoms with Crippen LogP contribution in [0.2, 0.25) is 0 Å². The number of hydrogen-bond donors (Lipinski definition) is 1. The summed E-state index contributed by atoms with van der Waals surface area (Å²) < 4.78 is 3.57. The summed E-state index contributed by atoms with van der Waals surface area (Å²) in [6.07, 6.45) is 8.24. The maximum atomic E-state index is 12.2. The predicted molar refractivity (Wildman–Crippen MR) is 84.3 cm³/mol. The molecule has 118 valence electrons. The molecule has 4 rings (SSSR count). The summed E-state index contributed by atoms with van der Waals surface area (Å²) in [5.74, 6) is 0.771. The Morgan fingerprint density at radius 2 is 2.30 bits per heavy atom. The second-order valence-electron chi connectivity index (χ2n) is 5.73. The lowest BCUT2D eigenvalue weighted by Gasteiger charge is -2.18. The molecule has 8 heteroatoms. The topological polar surface area (TPSA) is 80.4 Å². The Labute approximate surface area is 132 Å². The zero-order valence-electron chi connectivity index (χ0n) is 12.8. The van der Waals surface area contributed by atoms with E-state index in [9.17, 15) is 4.79 Å². The van der Waals surface area contributed by atoms with E-state index in [1.165, 1.54) is 4.68 Å². The second kappa shape index (κ2) is 5.38. The second-order valence-corrected chi connectivity index (χ2v) is 5.73. The van der Waals surface area contributed by atoms with Crippen molar-refractivity contribution in [3.8, 4) is 0 Å². The number of carbonyl (C=O) groups is 1. The molecule has 1 atom stereocenters. The smallest absolute Gasteiger partial charge is 0.273 e. The van der Waals surface area contributed by atoms with Gasteiger partial charge in [-0.3, -0.25) is 9.48 Å². The average Bonchev–Trinajstić information content (AvgIpc) is 3.26. The Morgan fingerprint density at radius 3 is 3.13 bits per heavy atom. The summed E-state index contributed by atoms with van der Waals surface area (Å²) in [4.78, 5) is 18.9. The van der Waals surface area contributed by atoms with E-state index in [1.807, 2.05) is 28.9 Å². The highest BCUT2D eigenvalue weighted by atomic mass is 16.2. The Morgan fingerprint density at radius 1 is 1.39 bits per heavy atom. The van der Waals surface area contributed by atoms with E-state index in [4.69, 9.17) is 0 Å². The van der Waals surface area contributed by atoms with Crippen molar-refractivity contribution in [2.24, 2.45) is 7.05 Å². The summed E-state index contributed by atoms with van der Waals surface area (Å²) in [5, 5.41) is 10.6. The fourth-order valence-corrected chi connectivity index (χ4v) is 2.98. The largest absolute Gasteiger partial charge is 0.353 e. The number of hydrogen-bond acceptors (Lipinski definition) is 5. The third kappa shape index (κ3) is 2.52. The summed E-state index contributed by atoms with van der Waals surface area (Å²) in [6.45, 7) is 1.60. The first-order valence-corrected chi connectivity index (χ1v) is 7.54. The van der Waals surface area contributed by atoms with Gasteiger partial charge in [-0.25, -0.2) is 4.98 Å². The molecule has 8 nitrogen and oxygen atoms in total. The molecule has 0 saturated carbocycles. The van der Waals surface area contributed by atoms with Crippen LogP contribution < -0.4 is 10.2 Å². The first-order valence-electron chi connectivity index (χ1n) is 7.54. The monoisotopic (exact) mass is 311 g/mol. The van der Waals surface area contributed by atoms with Crippen LogP contribution in [0.3, 0.4) is 0 Å². The maximum Gasteiger partial charge on any atom is 0.273 e. The van der Waals surface area contributed by atoms with Gasteiger partial charge in [0.15, 0.2) is 11.5 Å². The first kappa shape index (κ1) is 13.7. The van der Waals surface area contributed by atoms with Crippen LogP contribution in [0.15, 0.2) is 36.9 Å². The molecule has 23 heavy (non-hydrogen) atoms. The van der Waals surface area contributed by atoms with Gasteiger partial charge in [0, 0.05) is 44.8 Å². The van der Waals surface area contributed by atoms with Crippen molar-refractivity contribution in [1.82, 2.24) is 29.7 Å². The minimum absolute atomic E-state index is 0.0847. The molecule has 4 heterocycles. The van der Waals surface area contributed by atoms with Crippen LogP contribution in [0, 0.1) is 0 Å². The van der Waals surface area contributed by atoms with Crippen molar-refractivity contribution in [3.05, 3.63) is 42.6 Å². The van der Waals surface area contributed by atoms with E-state index in [1.54, 1.807) is 19.4 Å². The molecule has 0 aliphatic carbocycles. The molecule has 0 bridgehead atoms. The van der Waals surface area contributed by atoms with Crippen LogP contribution in [-0.4, -0.2) is 49.4 Å². The molecule has 1 unspecified atom stereocenters. The Hall–Kier alpha value is -2.90. The number of rotatable bonds is 3. The van der Waals surface area contributed by atoms with Gasteiger partial charge in [0.2, 0.25) is 0 Å². The minimum Gasteiger partial charge on any atom is -0.353 e. The van der Waals surface area contributed by atoms with Gasteiger partial charge in [-0.05, 0) is 18.6 Å². The van der Waals surface area contributed by atoms with Crippen LogP contribution in [0.5, 0.6) is 0 Å². The first-order chi connectivity index (χ1) is 11.2. The lowest BCUT2D eigenvalue weighted by molar-refractivity contribution is 0.0935. The normalized spacial score (nSPS) is 17.8. The summed E-state index contributed by atoms with van der Waals surface area (Å²) >= 11 is 0. The molecule has 1 fully saturated rings. The Kier molecular flexibility index (Phi) is 3.22. The zero-order valence-corrected chi connectivity index (χ0v) is 12.8. The van der Waals surface area contributed by atoms with Crippen LogP contribution in [0.25, 0.3) is 5.52 Å². The molecule has 1 aliphatic heterocycles. The third-order valence-corrected chi connectivity index (χ3v) is 4.09. The molecule has 3 aromatic rings. The van der Waals surface area contributed by atoms with E-state index in [0.29, 0.717) is 5.69 Å². The molecule has 1 amide bonds. The molecular formula is C15H17N7O. The summed E-state index contributed by atoms with van der Waals surface area (Å²) in [7, 11) is 1.74. The molecule has 3 aromatic heterocycles. The lowest BCUT2D eigenvalue weighted by Crippen LogP contribution is -2.37. The molecular weight excluding hydrogens is 294 g/mol. The van der Waals surface area contributed by atoms with E-state index < -0.39 is 0 Å². The van der Waals surface area contributed by atoms with Gasteiger partial charge in [0.1, 0.15) is 0 Å². The number of anilines is 1. The predicted octanol–water partition coefficient (Wildman–Crippen LogP) is 0.471. The summed E-state index contributed by atoms with van der Waals surface area (Å²) in [6, 6.07) is 4.14. The molecule has 1 aliphatic rings. The van der Waals surface area contributed by atoms with E-state index in [-0.39, 0.29) is 11.9 Å². The Bertz CT molecular complexity index is 852. The molecule has 0 radical (unpaired) electrons. The quantitative estimate of drug-likeness (QED) is 0.760. The van der Waals surface area contributed by atoms with Crippen molar-refractivity contribution in [3.63, 3.8) is 0 Å². The number of aromatic nitrogens is 5. The standard InChI is InChI=1S/C15H17N7O/c1-20-10-12(18-19-20)15(23)17-11-4-7-22(9-11)14-13-3-2-6-21(13)8-5-16-14/h2-3,5-6,8,10-11H,4,7,9H2,1H3,(H,17,23). The third-order valence-electron chi connectivity index (χ3n) is 4.09. The van der Waals surface area contributed by atoms with Gasteiger partial charge >= 0.3 is 0 Å². The van der Waals surface area contributed by atoms with Crippen LogP contribution in [0.4, 0.5) is 5.82 Å². The maximum absolute atomic E-state index is 12.2. The fourth-order valence-electron chi connectivity index (χ4n) is 2.98. The van der Waals surface area contributed by atoms with Gasteiger partial charge in [0.25, 0.3) is 5.91 Å². The van der Waals surface area contributed by atoms with E-state index in [0.717, 1.165) is 30.8 Å². The Balaban J connectivity index is 1.47. The molecule has 0 aromatic carbocycles. The minimum atomic E-state index is -0.182. The zero-order chi connectivity index (χ0) is 15.8. The van der Waals surface area contributed by atoms with Gasteiger partial charge in [-0.15, -0.1) is 5.10 Å². The fraction of sp³-hybridized carbons (Fsp3) is 0.333. The van der Waals surface area contributed by atoms with Crippen LogP contribution >= 0.6 is 0 Å². The number of nitrogens with one attached hydrogen (secondary N) is 1. The molecule has 1 N–H and O–H groups in total. The highest BCUT2D eigenvalue weighted by Crippen LogP contribution is 2.23. The SMILES string of the molecule is Cn1cc(C(=O)NC2CCN(c3nccn4cccc34)C2)nn1. The van der Waals surface area contributed by atoms with Crippen molar-refractivity contribution >= 4 is 17.2 Å². The van der Waals surface area contributed by atoms with Crippen molar-refractivity contribution in [1.29, 1.82) is 0 Å². The lowest BCUT2D eigenvalue weighted by atomic mass is 10.2. The highest BCUT2D eigenvalue weighted by Gasteiger charge is 2.27. The van der Waals surface area contributed by atoms with Gasteiger partial charge in [0.05, 0.1) is 11.7 Å².